The number of rotatable bonds is 5. The molecule has 0 amide bonds. The van der Waals surface area contributed by atoms with Crippen molar-refractivity contribution in [2.45, 2.75) is 18.8 Å². The summed E-state index contributed by atoms with van der Waals surface area (Å²) in [6, 6.07) is 74.7. The summed E-state index contributed by atoms with van der Waals surface area (Å²) in [5.41, 5.74) is 12.9. The third kappa shape index (κ3) is 6.01. The van der Waals surface area contributed by atoms with E-state index < -0.39 is 0 Å². The Labute approximate surface area is 391 Å². The highest BCUT2D eigenvalue weighted by atomic mass is 32.1. The maximum absolute atomic E-state index is 5.46. The van der Waals surface area contributed by atoms with Crippen molar-refractivity contribution in [3.8, 4) is 45.3 Å². The molecule has 10 aromatic carbocycles. The van der Waals surface area contributed by atoms with Gasteiger partial charge < -0.3 is 4.90 Å². The lowest BCUT2D eigenvalue weighted by atomic mass is 9.76. The lowest BCUT2D eigenvalue weighted by Gasteiger charge is -2.32. The molecule has 2 aliphatic rings. The van der Waals surface area contributed by atoms with Gasteiger partial charge in [0.15, 0.2) is 17.5 Å². The van der Waals surface area contributed by atoms with E-state index in [9.17, 15) is 0 Å². The molecule has 1 aliphatic carbocycles. The molecule has 4 nitrogen and oxygen atoms in total. The maximum Gasteiger partial charge on any atom is 0.165 e. The van der Waals surface area contributed by atoms with Gasteiger partial charge >= 0.3 is 0 Å². The smallest absolute Gasteiger partial charge is 0.165 e. The molecule has 1 aliphatic heterocycles. The van der Waals surface area contributed by atoms with E-state index in [-0.39, 0.29) is 11.8 Å². The predicted octanol–water partition coefficient (Wildman–Crippen LogP) is 16.8. The van der Waals surface area contributed by atoms with Gasteiger partial charge in [-0.1, -0.05) is 171 Å². The fraction of sp³-hybridized carbons (Fsp3) is 0.0484. The quantitative estimate of drug-likeness (QED) is 0.173. The summed E-state index contributed by atoms with van der Waals surface area (Å²) in [6.07, 6.45) is 2.45. The second kappa shape index (κ2) is 14.9. The highest BCUT2D eigenvalue weighted by Gasteiger charge is 2.42. The Morgan fingerprint density at radius 1 is 0.433 bits per heavy atom. The number of benzene rings is 10. The van der Waals surface area contributed by atoms with E-state index in [1.807, 2.05) is 11.3 Å². The monoisotopic (exact) mass is 872 g/mol. The molecular weight excluding hydrogens is 833 g/mol. The normalized spacial score (nSPS) is 15.3. The number of thiophene rings is 1. The molecule has 0 bridgehead atoms. The van der Waals surface area contributed by atoms with Crippen molar-refractivity contribution >= 4 is 81.3 Å². The first-order chi connectivity index (χ1) is 33.1. The van der Waals surface area contributed by atoms with Crippen LogP contribution in [0.25, 0.3) is 104 Å². The molecule has 2 unspecified atom stereocenters. The van der Waals surface area contributed by atoms with Crippen LogP contribution in [0.3, 0.4) is 0 Å². The topological polar surface area (TPSA) is 41.9 Å². The summed E-state index contributed by atoms with van der Waals surface area (Å²) in [6.45, 7) is 2.41. The summed E-state index contributed by atoms with van der Waals surface area (Å²) in [5.74, 6) is 2.41. The van der Waals surface area contributed by atoms with Crippen molar-refractivity contribution in [2.24, 2.45) is 0 Å². The van der Waals surface area contributed by atoms with Gasteiger partial charge in [-0.05, 0) is 115 Å². The minimum atomic E-state index is 0.191. The Hall–Kier alpha value is -8.25. The van der Waals surface area contributed by atoms with Crippen LogP contribution in [0.4, 0.5) is 11.4 Å². The van der Waals surface area contributed by atoms with Crippen LogP contribution in [-0.4, -0.2) is 15.0 Å². The number of aromatic nitrogens is 3. The van der Waals surface area contributed by atoms with E-state index in [1.165, 1.54) is 65.1 Å². The maximum atomic E-state index is 5.46. The van der Waals surface area contributed by atoms with E-state index >= 15 is 0 Å². The van der Waals surface area contributed by atoms with Crippen molar-refractivity contribution in [1.82, 2.24) is 15.0 Å². The number of nitrogens with zero attached hydrogens (tertiary/aromatic N) is 4. The zero-order chi connectivity index (χ0) is 44.2. The molecule has 0 fully saturated rings. The van der Waals surface area contributed by atoms with Crippen molar-refractivity contribution in [3.05, 3.63) is 229 Å². The zero-order valence-corrected chi connectivity index (χ0v) is 37.4. The van der Waals surface area contributed by atoms with Gasteiger partial charge in [0.05, 0.1) is 11.4 Å². The van der Waals surface area contributed by atoms with E-state index in [0.29, 0.717) is 17.5 Å². The standard InChI is InChI=1S/C62H40N4S/c1-37-47-26-11-10-22-45(47)35-55-57(37)51-32-41-18-5-7-20-43(41)34-54(51)66(55)53-30-29-50(59-58(53)52-33-42-19-6-8-21-44(42)36-56(52)67-59)62-64-60(46-25-13-24-40(31-46)38-15-3-2-4-16-38)63-61(65-62)49-28-14-23-39-17-9-12-27-48(39)49/h2-37,57H,1H3. The fourth-order valence-corrected chi connectivity index (χ4v) is 12.3. The zero-order valence-electron chi connectivity index (χ0n) is 36.6. The summed E-state index contributed by atoms with van der Waals surface area (Å²) < 4.78 is 2.38. The van der Waals surface area contributed by atoms with E-state index in [1.54, 1.807) is 0 Å². The highest BCUT2D eigenvalue weighted by Crippen LogP contribution is 2.59. The number of fused-ring (bicyclic) bond motifs is 10. The average molecular weight is 873 g/mol. The van der Waals surface area contributed by atoms with E-state index in [4.69, 9.17) is 15.0 Å². The van der Waals surface area contributed by atoms with Crippen molar-refractivity contribution in [2.75, 3.05) is 4.90 Å². The van der Waals surface area contributed by atoms with Crippen LogP contribution >= 0.6 is 11.3 Å². The van der Waals surface area contributed by atoms with Crippen LogP contribution in [0.5, 0.6) is 0 Å². The van der Waals surface area contributed by atoms with Crippen LogP contribution < -0.4 is 4.90 Å². The molecule has 14 rings (SSSR count). The van der Waals surface area contributed by atoms with Gasteiger partial charge in [0.2, 0.25) is 0 Å². The van der Waals surface area contributed by atoms with Gasteiger partial charge in [0.25, 0.3) is 0 Å². The molecular formula is C62H40N4S. The molecule has 314 valence electrons. The van der Waals surface area contributed by atoms with Crippen molar-refractivity contribution < 1.29 is 0 Å². The Balaban J connectivity index is 1.05. The molecule has 2 atom stereocenters. The molecule has 0 saturated carbocycles. The van der Waals surface area contributed by atoms with Gasteiger partial charge in [0, 0.05) is 48.5 Å². The molecule has 0 spiro atoms. The number of hydrogen-bond acceptors (Lipinski definition) is 5. The Bertz CT molecular complexity index is 4030. The molecule has 67 heavy (non-hydrogen) atoms. The largest absolute Gasteiger partial charge is 0.313 e. The summed E-state index contributed by atoms with van der Waals surface area (Å²) in [7, 11) is 0. The van der Waals surface area contributed by atoms with Crippen molar-refractivity contribution in [1.29, 1.82) is 0 Å². The van der Waals surface area contributed by atoms with Crippen LogP contribution in [0.15, 0.2) is 212 Å². The second-order valence-corrected chi connectivity index (χ2v) is 19.0. The third-order valence-electron chi connectivity index (χ3n) is 14.2. The number of hydrogen-bond donors (Lipinski definition) is 0. The number of allylic oxidation sites excluding steroid dienone is 1. The minimum absolute atomic E-state index is 0.191. The SMILES string of the molecule is CC1c2ccccc2C=C2C1c1cc3ccccc3cc1N2c1ccc(-c2nc(-c3cccc(-c4ccccc4)c3)nc(-c3cccc4ccccc34)n2)c2sc3cc4ccccc4cc3c12. The van der Waals surface area contributed by atoms with E-state index in [2.05, 4.69) is 224 Å². The van der Waals surface area contributed by atoms with Crippen molar-refractivity contribution in [3.63, 3.8) is 0 Å². The summed E-state index contributed by atoms with van der Waals surface area (Å²) in [4.78, 5) is 18.8. The fourth-order valence-electron chi connectivity index (χ4n) is 11.0. The first-order valence-electron chi connectivity index (χ1n) is 23.0. The molecule has 0 N–H and O–H groups in total. The van der Waals surface area contributed by atoms with Crippen LogP contribution in [0.1, 0.15) is 35.4 Å². The third-order valence-corrected chi connectivity index (χ3v) is 15.4. The molecule has 0 radical (unpaired) electrons. The first kappa shape index (κ1) is 38.1. The molecule has 12 aromatic rings. The van der Waals surface area contributed by atoms with E-state index in [0.717, 1.165) is 49.0 Å². The lowest BCUT2D eigenvalue weighted by molar-refractivity contribution is 0.653. The average Bonchev–Trinajstić information content (AvgIpc) is 3.92. The van der Waals surface area contributed by atoms with Crippen LogP contribution in [-0.2, 0) is 0 Å². The van der Waals surface area contributed by atoms with Gasteiger partial charge in [-0.15, -0.1) is 11.3 Å². The van der Waals surface area contributed by atoms with Gasteiger partial charge in [0.1, 0.15) is 0 Å². The van der Waals surface area contributed by atoms with Crippen LogP contribution in [0, 0.1) is 0 Å². The van der Waals surface area contributed by atoms with Crippen LogP contribution in [0.2, 0.25) is 0 Å². The Kier molecular flexibility index (Phi) is 8.46. The van der Waals surface area contributed by atoms with Gasteiger partial charge in [-0.3, -0.25) is 0 Å². The summed E-state index contributed by atoms with van der Waals surface area (Å²) >= 11 is 1.83. The minimum Gasteiger partial charge on any atom is -0.313 e. The highest BCUT2D eigenvalue weighted by molar-refractivity contribution is 7.26. The molecule has 5 heteroatoms. The molecule has 2 aromatic heterocycles. The molecule has 0 saturated heterocycles. The predicted molar refractivity (Wildman–Crippen MR) is 281 cm³/mol. The van der Waals surface area contributed by atoms with Gasteiger partial charge in [-0.25, -0.2) is 15.0 Å². The lowest BCUT2D eigenvalue weighted by Crippen LogP contribution is -2.20. The second-order valence-electron chi connectivity index (χ2n) is 18.0. The Morgan fingerprint density at radius 2 is 1.06 bits per heavy atom. The van der Waals surface area contributed by atoms with Gasteiger partial charge in [-0.2, -0.15) is 0 Å². The summed E-state index contributed by atoms with van der Waals surface area (Å²) in [5, 5.41) is 9.62. The first-order valence-corrected chi connectivity index (χ1v) is 23.8. The Morgan fingerprint density at radius 3 is 1.90 bits per heavy atom. The molecule has 3 heterocycles. The number of anilines is 2.